The summed E-state index contributed by atoms with van der Waals surface area (Å²) in [6.07, 6.45) is 0. The summed E-state index contributed by atoms with van der Waals surface area (Å²) in [5.74, 6) is 0. The summed E-state index contributed by atoms with van der Waals surface area (Å²) in [5, 5.41) is 0.537. The van der Waals surface area contributed by atoms with Crippen molar-refractivity contribution < 1.29 is 4.43 Å². The summed E-state index contributed by atoms with van der Waals surface area (Å²) in [5.41, 5.74) is 1.33. The minimum Gasteiger partial charge on any atom is -0.415 e. The number of para-hydroxylation sites is 1. The molecule has 1 aromatic carbocycles. The number of hydrogen-bond acceptors (Lipinski definition) is 2. The molecule has 0 aliphatic carbocycles. The fourth-order valence-electron chi connectivity index (χ4n) is 2.70. The molecule has 2 nitrogen and oxygen atoms in total. The Labute approximate surface area is 159 Å². The van der Waals surface area contributed by atoms with E-state index in [1.54, 1.807) is 0 Å². The maximum Gasteiger partial charge on any atom is 0.192 e. The predicted octanol–water partition coefficient (Wildman–Crippen LogP) is 6.91. The van der Waals surface area contributed by atoms with Crippen molar-refractivity contribution in [2.45, 2.75) is 90.8 Å². The lowest BCUT2D eigenvalue weighted by molar-refractivity contribution is 0.269. The topological polar surface area (TPSA) is 12.5 Å². The van der Waals surface area contributed by atoms with Crippen molar-refractivity contribution in [1.29, 1.82) is 0 Å². The van der Waals surface area contributed by atoms with Crippen LogP contribution in [-0.4, -0.2) is 29.2 Å². The highest BCUT2D eigenvalue weighted by Crippen LogP contribution is 2.42. The van der Waals surface area contributed by atoms with Gasteiger partial charge in [-0.3, -0.25) is 0 Å². The first-order valence-corrected chi connectivity index (χ1v) is 15.4. The van der Waals surface area contributed by atoms with E-state index < -0.39 is 16.6 Å². The van der Waals surface area contributed by atoms with Crippen LogP contribution in [0.15, 0.2) is 30.3 Å². The lowest BCUT2D eigenvalue weighted by Crippen LogP contribution is -2.60. The summed E-state index contributed by atoms with van der Waals surface area (Å²) >= 11 is 0. The van der Waals surface area contributed by atoms with Gasteiger partial charge in [0.05, 0.1) is 6.61 Å². The molecule has 0 amide bonds. The Morgan fingerprint density at radius 1 is 0.880 bits per heavy atom. The summed E-state index contributed by atoms with van der Waals surface area (Å²) in [6.45, 7) is 26.9. The number of nitrogens with zero attached hydrogens (tertiary/aromatic N) is 1. The maximum absolute atomic E-state index is 6.59. The van der Waals surface area contributed by atoms with Crippen LogP contribution in [0.5, 0.6) is 0 Å². The van der Waals surface area contributed by atoms with Crippen LogP contribution in [0.4, 0.5) is 5.69 Å². The van der Waals surface area contributed by atoms with Gasteiger partial charge in [-0.05, 0) is 42.2 Å². The van der Waals surface area contributed by atoms with Crippen molar-refractivity contribution >= 4 is 22.2 Å². The van der Waals surface area contributed by atoms with Crippen LogP contribution >= 0.6 is 0 Å². The molecule has 0 aromatic heterocycles. The van der Waals surface area contributed by atoms with Gasteiger partial charge in [-0.25, -0.2) is 0 Å². The smallest absolute Gasteiger partial charge is 0.192 e. The van der Waals surface area contributed by atoms with Gasteiger partial charge >= 0.3 is 0 Å². The molecule has 0 fully saturated rings. The first kappa shape index (κ1) is 22.5. The SMILES string of the molecule is CC(CO[Si](C)(C)C(C)(C)C)N(c1ccccc1)[Si](C)(C)C(C)(C)C. The summed E-state index contributed by atoms with van der Waals surface area (Å²) in [6, 6.07) is 11.3. The standard InChI is InChI=1S/C21H41NOSi2/c1-18(17-23-25(10,11)21(5,6)7)22(19-15-13-12-14-16-19)24(8,9)20(2,3)4/h12-16,18H,17H2,1-11H3. The lowest BCUT2D eigenvalue weighted by Gasteiger charge is -2.51. The largest absolute Gasteiger partial charge is 0.415 e. The average Bonchev–Trinajstić information content (AvgIpc) is 2.44. The zero-order valence-corrected chi connectivity index (χ0v) is 20.5. The third kappa shape index (κ3) is 5.21. The normalized spacial score (nSPS) is 15.2. The number of anilines is 1. The van der Waals surface area contributed by atoms with Gasteiger partial charge < -0.3 is 8.99 Å². The van der Waals surface area contributed by atoms with Crippen molar-refractivity contribution in [1.82, 2.24) is 0 Å². The average molecular weight is 380 g/mol. The fraction of sp³-hybridized carbons (Fsp3) is 0.714. The number of hydrogen-bond donors (Lipinski definition) is 0. The van der Waals surface area contributed by atoms with Crippen molar-refractivity contribution in [2.24, 2.45) is 0 Å². The van der Waals surface area contributed by atoms with Gasteiger partial charge in [-0.1, -0.05) is 72.8 Å². The van der Waals surface area contributed by atoms with Gasteiger partial charge in [0, 0.05) is 11.7 Å². The second-order valence-electron chi connectivity index (χ2n) is 10.4. The Balaban J connectivity index is 3.13. The van der Waals surface area contributed by atoms with Crippen molar-refractivity contribution in [3.05, 3.63) is 30.3 Å². The van der Waals surface area contributed by atoms with Crippen molar-refractivity contribution in [3.63, 3.8) is 0 Å². The fourth-order valence-corrected chi connectivity index (χ4v) is 6.48. The van der Waals surface area contributed by atoms with Crippen LogP contribution in [0.2, 0.25) is 36.3 Å². The first-order chi connectivity index (χ1) is 11.1. The molecule has 0 aliphatic rings. The third-order valence-corrected chi connectivity index (χ3v) is 16.5. The Hall–Kier alpha value is -0.586. The molecule has 1 aromatic rings. The molecule has 4 heteroatoms. The predicted molar refractivity (Wildman–Crippen MR) is 119 cm³/mol. The molecule has 0 heterocycles. The molecule has 1 rings (SSSR count). The summed E-state index contributed by atoms with van der Waals surface area (Å²) in [7, 11) is -3.44. The zero-order chi connectivity index (χ0) is 19.7. The first-order valence-electron chi connectivity index (χ1n) is 9.59. The minimum atomic E-state index is -1.73. The van der Waals surface area contributed by atoms with Crippen LogP contribution in [-0.2, 0) is 4.43 Å². The van der Waals surface area contributed by atoms with E-state index in [4.69, 9.17) is 4.43 Å². The van der Waals surface area contributed by atoms with Gasteiger partial charge in [0.2, 0.25) is 0 Å². The highest BCUT2D eigenvalue weighted by atomic mass is 28.4. The second-order valence-corrected chi connectivity index (χ2v) is 20.3. The maximum atomic E-state index is 6.59. The molecular weight excluding hydrogens is 338 g/mol. The van der Waals surface area contributed by atoms with Crippen LogP contribution in [0.25, 0.3) is 0 Å². The Morgan fingerprint density at radius 3 is 1.76 bits per heavy atom. The Kier molecular flexibility index (Phi) is 6.80. The van der Waals surface area contributed by atoms with Gasteiger partial charge in [-0.2, -0.15) is 0 Å². The Morgan fingerprint density at radius 2 is 1.36 bits per heavy atom. The molecular formula is C21H41NOSi2. The molecule has 0 saturated carbocycles. The van der Waals surface area contributed by atoms with E-state index in [9.17, 15) is 0 Å². The molecule has 25 heavy (non-hydrogen) atoms. The van der Waals surface area contributed by atoms with Crippen LogP contribution in [0.1, 0.15) is 48.5 Å². The highest BCUT2D eigenvalue weighted by molar-refractivity contribution is 6.83. The van der Waals surface area contributed by atoms with E-state index in [0.717, 1.165) is 6.61 Å². The zero-order valence-electron chi connectivity index (χ0n) is 18.5. The molecule has 0 radical (unpaired) electrons. The molecule has 0 N–H and O–H groups in total. The summed E-state index contributed by atoms with van der Waals surface area (Å²) < 4.78 is 9.28. The minimum absolute atomic E-state index is 0.251. The highest BCUT2D eigenvalue weighted by Gasteiger charge is 2.44. The van der Waals surface area contributed by atoms with Crippen LogP contribution in [0, 0.1) is 0 Å². The molecule has 0 aliphatic heterocycles. The second kappa shape index (κ2) is 7.57. The van der Waals surface area contributed by atoms with E-state index in [-0.39, 0.29) is 10.1 Å². The third-order valence-electron chi connectivity index (χ3n) is 6.40. The number of benzene rings is 1. The molecule has 0 spiro atoms. The Bertz CT molecular complexity index is 541. The quantitative estimate of drug-likeness (QED) is 0.498. The molecule has 0 bridgehead atoms. The van der Waals surface area contributed by atoms with Gasteiger partial charge in [0.15, 0.2) is 16.6 Å². The van der Waals surface area contributed by atoms with Gasteiger partial charge in [0.1, 0.15) is 0 Å². The molecule has 0 saturated heterocycles. The summed E-state index contributed by atoms with van der Waals surface area (Å²) in [4.78, 5) is 0. The van der Waals surface area contributed by atoms with E-state index in [2.05, 4.69) is 110 Å². The van der Waals surface area contributed by atoms with E-state index in [1.807, 2.05) is 0 Å². The molecule has 1 unspecified atom stereocenters. The van der Waals surface area contributed by atoms with E-state index in [0.29, 0.717) is 6.04 Å². The lowest BCUT2D eigenvalue weighted by atomic mass is 10.2. The molecule has 1 atom stereocenters. The van der Waals surface area contributed by atoms with Crippen LogP contribution in [0.3, 0.4) is 0 Å². The van der Waals surface area contributed by atoms with Crippen LogP contribution < -0.4 is 4.57 Å². The monoisotopic (exact) mass is 379 g/mol. The van der Waals surface area contributed by atoms with E-state index in [1.165, 1.54) is 5.69 Å². The van der Waals surface area contributed by atoms with Crippen molar-refractivity contribution in [2.75, 3.05) is 11.2 Å². The van der Waals surface area contributed by atoms with Crippen molar-refractivity contribution in [3.8, 4) is 0 Å². The van der Waals surface area contributed by atoms with Gasteiger partial charge in [-0.15, -0.1) is 0 Å². The van der Waals surface area contributed by atoms with E-state index >= 15 is 0 Å². The van der Waals surface area contributed by atoms with Gasteiger partial charge in [0.25, 0.3) is 0 Å². The molecule has 144 valence electrons. The number of rotatable bonds is 6.